The molecule has 0 heterocycles. The Labute approximate surface area is 95.6 Å². The van der Waals surface area contributed by atoms with Crippen LogP contribution in [0.2, 0.25) is 5.82 Å². The summed E-state index contributed by atoms with van der Waals surface area (Å²) in [7, 11) is 6.16. The lowest BCUT2D eigenvalue weighted by Crippen LogP contribution is -2.39. The van der Waals surface area contributed by atoms with Gasteiger partial charge in [0.1, 0.15) is 0 Å². The van der Waals surface area contributed by atoms with Crippen molar-refractivity contribution in [3.8, 4) is 0 Å². The first-order valence-corrected chi connectivity index (χ1v) is 7.10. The minimum absolute atomic E-state index is 0.534. The van der Waals surface area contributed by atoms with Crippen LogP contribution in [0.4, 0.5) is 0 Å². The summed E-state index contributed by atoms with van der Waals surface area (Å²) < 4.78 is 0. The van der Waals surface area contributed by atoms with Gasteiger partial charge in [-0.3, -0.25) is 0 Å². The molecule has 0 aliphatic heterocycles. The van der Waals surface area contributed by atoms with E-state index in [4.69, 9.17) is 7.85 Å². The molecule has 1 heteroatoms. The number of fused-ring (bicyclic) bond motifs is 3. The SMILES string of the molecule is [B]C1CCC2CCC3CCCCC3C2C1. The molecule has 3 aliphatic carbocycles. The number of hydrogen-bond donors (Lipinski definition) is 0. The van der Waals surface area contributed by atoms with Gasteiger partial charge in [0, 0.05) is 0 Å². The molecule has 0 spiro atoms. The molecule has 82 valence electrons. The predicted molar refractivity (Wildman–Crippen MR) is 65.0 cm³/mol. The Morgan fingerprint density at radius 1 is 0.667 bits per heavy atom. The summed E-state index contributed by atoms with van der Waals surface area (Å²) in [5.74, 6) is 4.78. The Bertz CT molecular complexity index is 225. The Hall–Kier alpha value is 0.0649. The van der Waals surface area contributed by atoms with Gasteiger partial charge in [0.15, 0.2) is 0 Å². The lowest BCUT2D eigenvalue weighted by atomic mass is 9.54. The zero-order valence-corrected chi connectivity index (χ0v) is 9.83. The van der Waals surface area contributed by atoms with E-state index in [0.29, 0.717) is 5.82 Å². The third kappa shape index (κ3) is 1.87. The topological polar surface area (TPSA) is 0 Å². The maximum atomic E-state index is 6.16. The smallest absolute Gasteiger partial charge is 0.0699 e. The highest BCUT2D eigenvalue weighted by Gasteiger charge is 2.41. The van der Waals surface area contributed by atoms with Crippen LogP contribution in [0.25, 0.3) is 0 Å². The molecule has 5 unspecified atom stereocenters. The van der Waals surface area contributed by atoms with E-state index in [2.05, 4.69) is 0 Å². The molecule has 3 aliphatic rings. The highest BCUT2D eigenvalue weighted by Crippen LogP contribution is 2.52. The molecule has 0 saturated heterocycles. The fourth-order valence-electron chi connectivity index (χ4n) is 4.77. The number of rotatable bonds is 0. The molecular formula is C14H23B. The summed E-state index contributed by atoms with van der Waals surface area (Å²) >= 11 is 0. The minimum atomic E-state index is 0.534. The van der Waals surface area contributed by atoms with Gasteiger partial charge in [0.05, 0.1) is 7.85 Å². The van der Waals surface area contributed by atoms with Crippen LogP contribution >= 0.6 is 0 Å². The Balaban J connectivity index is 1.74. The van der Waals surface area contributed by atoms with Crippen molar-refractivity contribution in [1.82, 2.24) is 0 Å². The lowest BCUT2D eigenvalue weighted by molar-refractivity contribution is 0.0281. The summed E-state index contributed by atoms with van der Waals surface area (Å²) in [4.78, 5) is 0. The average Bonchev–Trinajstić information content (AvgIpc) is 2.29. The second-order valence-electron chi connectivity index (χ2n) is 6.28. The summed E-state index contributed by atoms with van der Waals surface area (Å²) in [6, 6.07) is 0. The quantitative estimate of drug-likeness (QED) is 0.521. The van der Waals surface area contributed by atoms with Crippen LogP contribution in [-0.2, 0) is 0 Å². The molecule has 15 heavy (non-hydrogen) atoms. The predicted octanol–water partition coefficient (Wildman–Crippen LogP) is 3.96. The summed E-state index contributed by atoms with van der Waals surface area (Å²) in [5, 5.41) is 0. The normalized spacial score (nSPS) is 50.5. The average molecular weight is 202 g/mol. The third-order valence-corrected chi connectivity index (χ3v) is 5.51. The maximum absolute atomic E-state index is 6.16. The van der Waals surface area contributed by atoms with E-state index >= 15 is 0 Å². The van der Waals surface area contributed by atoms with Crippen molar-refractivity contribution in [1.29, 1.82) is 0 Å². The molecule has 0 nitrogen and oxygen atoms in total. The molecule has 5 atom stereocenters. The standard InChI is InChI=1S/C14H23B/c15-12-8-7-11-6-5-10-3-1-2-4-13(10)14(11)9-12/h10-14H,1-9H2. The lowest BCUT2D eigenvalue weighted by Gasteiger charge is -2.49. The van der Waals surface area contributed by atoms with Crippen LogP contribution in [0.1, 0.15) is 57.8 Å². The van der Waals surface area contributed by atoms with Crippen LogP contribution in [0.15, 0.2) is 0 Å². The van der Waals surface area contributed by atoms with Crippen LogP contribution in [0.5, 0.6) is 0 Å². The van der Waals surface area contributed by atoms with E-state index in [-0.39, 0.29) is 0 Å². The van der Waals surface area contributed by atoms with Crippen LogP contribution in [-0.4, -0.2) is 7.85 Å². The van der Waals surface area contributed by atoms with E-state index in [9.17, 15) is 0 Å². The minimum Gasteiger partial charge on any atom is -0.0771 e. The Kier molecular flexibility index (Phi) is 2.83. The van der Waals surface area contributed by atoms with Crippen molar-refractivity contribution in [3.63, 3.8) is 0 Å². The molecule has 0 aromatic rings. The molecule has 3 fully saturated rings. The molecular weight excluding hydrogens is 179 g/mol. The first kappa shape index (κ1) is 10.2. The monoisotopic (exact) mass is 202 g/mol. The van der Waals surface area contributed by atoms with Gasteiger partial charge in [0.2, 0.25) is 0 Å². The molecule has 0 bridgehead atoms. The Morgan fingerprint density at radius 2 is 1.33 bits per heavy atom. The van der Waals surface area contributed by atoms with E-state index < -0.39 is 0 Å². The van der Waals surface area contributed by atoms with Crippen LogP contribution in [0.3, 0.4) is 0 Å². The molecule has 3 rings (SSSR count). The van der Waals surface area contributed by atoms with E-state index in [0.717, 1.165) is 23.7 Å². The second kappa shape index (κ2) is 4.15. The van der Waals surface area contributed by atoms with Crippen molar-refractivity contribution in [2.24, 2.45) is 23.7 Å². The highest BCUT2D eigenvalue weighted by atomic mass is 14.5. The molecule has 0 N–H and O–H groups in total. The summed E-state index contributed by atoms with van der Waals surface area (Å²) in [6.07, 6.45) is 13.2. The van der Waals surface area contributed by atoms with Crippen molar-refractivity contribution in [3.05, 3.63) is 0 Å². The van der Waals surface area contributed by atoms with E-state index in [1.165, 1.54) is 51.4 Å². The van der Waals surface area contributed by atoms with E-state index in [1.54, 1.807) is 6.42 Å². The van der Waals surface area contributed by atoms with Gasteiger partial charge < -0.3 is 0 Å². The van der Waals surface area contributed by atoms with Gasteiger partial charge in [-0.25, -0.2) is 0 Å². The second-order valence-corrected chi connectivity index (χ2v) is 6.28. The van der Waals surface area contributed by atoms with Crippen molar-refractivity contribution < 1.29 is 0 Å². The first-order valence-electron chi connectivity index (χ1n) is 7.10. The fraction of sp³-hybridized carbons (Fsp3) is 1.00. The molecule has 0 aromatic heterocycles. The molecule has 3 saturated carbocycles. The van der Waals surface area contributed by atoms with Gasteiger partial charge in [-0.2, -0.15) is 0 Å². The maximum Gasteiger partial charge on any atom is 0.0699 e. The van der Waals surface area contributed by atoms with Gasteiger partial charge in [0.25, 0.3) is 0 Å². The van der Waals surface area contributed by atoms with Crippen molar-refractivity contribution in [2.75, 3.05) is 0 Å². The third-order valence-electron chi connectivity index (χ3n) is 5.51. The summed E-state index contributed by atoms with van der Waals surface area (Å²) in [5.41, 5.74) is 0. The van der Waals surface area contributed by atoms with Crippen molar-refractivity contribution in [2.45, 2.75) is 63.6 Å². The van der Waals surface area contributed by atoms with Gasteiger partial charge in [-0.15, -0.1) is 0 Å². The highest BCUT2D eigenvalue weighted by molar-refractivity contribution is 6.11. The van der Waals surface area contributed by atoms with Gasteiger partial charge in [-0.05, 0) is 42.9 Å². The fourth-order valence-corrected chi connectivity index (χ4v) is 4.77. The molecule has 0 amide bonds. The largest absolute Gasteiger partial charge is 0.0771 e. The van der Waals surface area contributed by atoms with Gasteiger partial charge in [-0.1, -0.05) is 44.3 Å². The Morgan fingerprint density at radius 3 is 2.20 bits per heavy atom. The molecule has 2 radical (unpaired) electrons. The van der Waals surface area contributed by atoms with Gasteiger partial charge >= 0.3 is 0 Å². The summed E-state index contributed by atoms with van der Waals surface area (Å²) in [6.45, 7) is 0. The zero-order valence-electron chi connectivity index (χ0n) is 9.83. The zero-order chi connectivity index (χ0) is 10.3. The van der Waals surface area contributed by atoms with Crippen molar-refractivity contribution >= 4 is 7.85 Å². The van der Waals surface area contributed by atoms with Crippen LogP contribution < -0.4 is 0 Å². The first-order chi connectivity index (χ1) is 7.34. The van der Waals surface area contributed by atoms with E-state index in [1.807, 2.05) is 0 Å². The number of hydrogen-bond acceptors (Lipinski definition) is 0. The van der Waals surface area contributed by atoms with Crippen LogP contribution in [0, 0.1) is 23.7 Å². The molecule has 0 aromatic carbocycles.